The number of para-hydroxylation sites is 1. The second-order valence-electron chi connectivity index (χ2n) is 6.42. The standard InChI is InChI=1S/C19H28N2O3/c1-3-13-9-7-10-14(4-2)17(13)21-19(24)18(23)20-16-11-6-5-8-15(16)12-22/h7,9-10,15-16,22H,3-6,8,11-12H2,1-2H3,(H,20,23)(H,21,24). The summed E-state index contributed by atoms with van der Waals surface area (Å²) in [5.74, 6) is -1.20. The molecule has 0 bridgehead atoms. The van der Waals surface area contributed by atoms with Crippen molar-refractivity contribution in [1.82, 2.24) is 5.32 Å². The molecule has 1 aromatic carbocycles. The van der Waals surface area contributed by atoms with E-state index in [1.807, 2.05) is 32.0 Å². The van der Waals surface area contributed by atoms with E-state index in [4.69, 9.17) is 0 Å². The lowest BCUT2D eigenvalue weighted by molar-refractivity contribution is -0.137. The number of aryl methyl sites for hydroxylation is 2. The maximum atomic E-state index is 12.3. The Kier molecular flexibility index (Phi) is 6.79. The molecule has 0 aromatic heterocycles. The molecule has 0 heterocycles. The molecule has 3 N–H and O–H groups in total. The van der Waals surface area contributed by atoms with Crippen LogP contribution in [0.15, 0.2) is 18.2 Å². The van der Waals surface area contributed by atoms with E-state index < -0.39 is 11.8 Å². The molecule has 24 heavy (non-hydrogen) atoms. The van der Waals surface area contributed by atoms with Crippen LogP contribution in [0.2, 0.25) is 0 Å². The molecule has 132 valence electrons. The minimum atomic E-state index is -0.632. The first-order valence-corrected chi connectivity index (χ1v) is 8.94. The van der Waals surface area contributed by atoms with Gasteiger partial charge in [-0.3, -0.25) is 9.59 Å². The number of benzene rings is 1. The largest absolute Gasteiger partial charge is 0.396 e. The second-order valence-corrected chi connectivity index (χ2v) is 6.42. The number of hydrogen-bond donors (Lipinski definition) is 3. The Morgan fingerprint density at radius 1 is 1.08 bits per heavy atom. The van der Waals surface area contributed by atoms with E-state index in [9.17, 15) is 14.7 Å². The van der Waals surface area contributed by atoms with Gasteiger partial charge in [-0.15, -0.1) is 0 Å². The van der Waals surface area contributed by atoms with Crippen LogP contribution in [0, 0.1) is 5.92 Å². The molecule has 1 aliphatic rings. The monoisotopic (exact) mass is 332 g/mol. The summed E-state index contributed by atoms with van der Waals surface area (Å²) in [4.78, 5) is 24.6. The third-order valence-corrected chi connectivity index (χ3v) is 4.90. The van der Waals surface area contributed by atoms with Crippen molar-refractivity contribution >= 4 is 17.5 Å². The van der Waals surface area contributed by atoms with Crippen molar-refractivity contribution in [3.63, 3.8) is 0 Å². The Hall–Kier alpha value is -1.88. The zero-order valence-electron chi connectivity index (χ0n) is 14.6. The number of carbonyl (C=O) groups excluding carboxylic acids is 2. The third kappa shape index (κ3) is 4.35. The Morgan fingerprint density at radius 3 is 2.29 bits per heavy atom. The molecule has 2 unspecified atom stereocenters. The Morgan fingerprint density at radius 2 is 1.71 bits per heavy atom. The molecule has 5 nitrogen and oxygen atoms in total. The fourth-order valence-electron chi connectivity index (χ4n) is 3.42. The zero-order valence-corrected chi connectivity index (χ0v) is 14.6. The first-order valence-electron chi connectivity index (χ1n) is 8.94. The van der Waals surface area contributed by atoms with Crippen LogP contribution in [0.4, 0.5) is 5.69 Å². The van der Waals surface area contributed by atoms with Crippen molar-refractivity contribution in [3.8, 4) is 0 Å². The molecule has 2 amide bonds. The van der Waals surface area contributed by atoms with E-state index in [1.54, 1.807) is 0 Å². The highest BCUT2D eigenvalue weighted by atomic mass is 16.3. The predicted octanol–water partition coefficient (Wildman–Crippen LogP) is 2.42. The summed E-state index contributed by atoms with van der Waals surface area (Å²) in [6, 6.07) is 5.79. The molecule has 2 rings (SSSR count). The van der Waals surface area contributed by atoms with E-state index in [1.165, 1.54) is 0 Å². The molecular weight excluding hydrogens is 304 g/mol. The predicted molar refractivity (Wildman–Crippen MR) is 94.8 cm³/mol. The average molecular weight is 332 g/mol. The Labute approximate surface area is 143 Å². The zero-order chi connectivity index (χ0) is 17.5. The lowest BCUT2D eigenvalue weighted by Crippen LogP contribution is -2.47. The van der Waals surface area contributed by atoms with Gasteiger partial charge in [-0.1, -0.05) is 44.9 Å². The summed E-state index contributed by atoms with van der Waals surface area (Å²) >= 11 is 0. The van der Waals surface area contributed by atoms with Crippen molar-refractivity contribution in [1.29, 1.82) is 0 Å². The summed E-state index contributed by atoms with van der Waals surface area (Å²) in [5.41, 5.74) is 2.81. The van der Waals surface area contributed by atoms with Gasteiger partial charge in [0, 0.05) is 24.3 Å². The minimum Gasteiger partial charge on any atom is -0.396 e. The fraction of sp³-hybridized carbons (Fsp3) is 0.579. The van der Waals surface area contributed by atoms with Gasteiger partial charge in [0.05, 0.1) is 0 Å². The molecule has 0 radical (unpaired) electrons. The van der Waals surface area contributed by atoms with Crippen molar-refractivity contribution in [2.75, 3.05) is 11.9 Å². The Balaban J connectivity index is 2.05. The lowest BCUT2D eigenvalue weighted by atomic mass is 9.85. The van der Waals surface area contributed by atoms with Crippen LogP contribution in [0.5, 0.6) is 0 Å². The summed E-state index contributed by atoms with van der Waals surface area (Å²) in [6.45, 7) is 4.10. The van der Waals surface area contributed by atoms with Gasteiger partial charge >= 0.3 is 11.8 Å². The summed E-state index contributed by atoms with van der Waals surface area (Å²) in [5, 5.41) is 15.0. The summed E-state index contributed by atoms with van der Waals surface area (Å²) < 4.78 is 0. The van der Waals surface area contributed by atoms with Crippen molar-refractivity contribution < 1.29 is 14.7 Å². The maximum absolute atomic E-state index is 12.3. The number of carbonyl (C=O) groups is 2. The number of nitrogens with one attached hydrogen (secondary N) is 2. The van der Waals surface area contributed by atoms with E-state index in [0.717, 1.165) is 55.3 Å². The molecule has 1 aromatic rings. The van der Waals surface area contributed by atoms with Gasteiger partial charge in [0.1, 0.15) is 0 Å². The number of aliphatic hydroxyl groups excluding tert-OH is 1. The average Bonchev–Trinajstić information content (AvgIpc) is 2.62. The van der Waals surface area contributed by atoms with Gasteiger partial charge in [0.15, 0.2) is 0 Å². The van der Waals surface area contributed by atoms with Crippen molar-refractivity contribution in [2.45, 2.75) is 58.4 Å². The second kappa shape index (κ2) is 8.83. The molecule has 1 saturated carbocycles. The smallest absolute Gasteiger partial charge is 0.313 e. The number of amides is 2. The number of rotatable bonds is 5. The molecule has 0 aliphatic heterocycles. The first kappa shape index (κ1) is 18.5. The topological polar surface area (TPSA) is 78.4 Å². The highest BCUT2D eigenvalue weighted by molar-refractivity contribution is 6.39. The summed E-state index contributed by atoms with van der Waals surface area (Å²) in [6.07, 6.45) is 5.37. The molecular formula is C19H28N2O3. The maximum Gasteiger partial charge on any atom is 0.313 e. The van der Waals surface area contributed by atoms with Gasteiger partial charge in [-0.25, -0.2) is 0 Å². The highest BCUT2D eigenvalue weighted by Crippen LogP contribution is 2.25. The van der Waals surface area contributed by atoms with Crippen molar-refractivity contribution in [2.24, 2.45) is 5.92 Å². The van der Waals surface area contributed by atoms with Gasteiger partial charge < -0.3 is 15.7 Å². The highest BCUT2D eigenvalue weighted by Gasteiger charge is 2.28. The summed E-state index contributed by atoms with van der Waals surface area (Å²) in [7, 11) is 0. The SMILES string of the molecule is CCc1cccc(CC)c1NC(=O)C(=O)NC1CCCCC1CO. The minimum absolute atomic E-state index is 0.0460. The molecule has 0 saturated heterocycles. The van der Waals surface area contributed by atoms with Gasteiger partial charge in [-0.2, -0.15) is 0 Å². The lowest BCUT2D eigenvalue weighted by Gasteiger charge is -2.30. The van der Waals surface area contributed by atoms with E-state index in [0.29, 0.717) is 0 Å². The number of anilines is 1. The van der Waals surface area contributed by atoms with Crippen LogP contribution in [0.3, 0.4) is 0 Å². The Bertz CT molecular complexity index is 564. The van der Waals surface area contributed by atoms with Gasteiger partial charge in [0.2, 0.25) is 0 Å². The molecule has 5 heteroatoms. The fourth-order valence-corrected chi connectivity index (χ4v) is 3.42. The molecule has 1 fully saturated rings. The van der Waals surface area contributed by atoms with Crippen LogP contribution in [-0.4, -0.2) is 29.6 Å². The van der Waals surface area contributed by atoms with Gasteiger partial charge in [0.25, 0.3) is 0 Å². The first-order chi connectivity index (χ1) is 11.6. The van der Waals surface area contributed by atoms with E-state index in [2.05, 4.69) is 10.6 Å². The quantitative estimate of drug-likeness (QED) is 0.725. The van der Waals surface area contributed by atoms with E-state index >= 15 is 0 Å². The van der Waals surface area contributed by atoms with Crippen LogP contribution >= 0.6 is 0 Å². The molecule has 2 atom stereocenters. The van der Waals surface area contributed by atoms with Crippen LogP contribution in [-0.2, 0) is 22.4 Å². The third-order valence-electron chi connectivity index (χ3n) is 4.90. The van der Waals surface area contributed by atoms with Crippen LogP contribution < -0.4 is 10.6 Å². The van der Waals surface area contributed by atoms with Gasteiger partial charge in [-0.05, 0) is 36.8 Å². The van der Waals surface area contributed by atoms with E-state index in [-0.39, 0.29) is 18.6 Å². The number of hydrogen-bond acceptors (Lipinski definition) is 3. The normalized spacial score (nSPS) is 20.5. The van der Waals surface area contributed by atoms with Crippen LogP contribution in [0.25, 0.3) is 0 Å². The molecule has 0 spiro atoms. The van der Waals surface area contributed by atoms with Crippen molar-refractivity contribution in [3.05, 3.63) is 29.3 Å². The van der Waals surface area contributed by atoms with Crippen LogP contribution in [0.1, 0.15) is 50.7 Å². The number of aliphatic hydroxyl groups is 1. The molecule has 1 aliphatic carbocycles.